The molecule has 1 fully saturated rings. The number of aromatic nitrogens is 2. The van der Waals surface area contributed by atoms with Gasteiger partial charge in [-0.25, -0.2) is 15.8 Å². The molecule has 40 heavy (non-hydrogen) atoms. The van der Waals surface area contributed by atoms with E-state index in [2.05, 4.69) is 14.9 Å². The maximum absolute atomic E-state index is 6.79. The second kappa shape index (κ2) is 13.4. The number of hydrogen-bond donors (Lipinski definition) is 2. The van der Waals surface area contributed by atoms with Crippen LogP contribution < -0.4 is 40.4 Å². The molecule has 1 saturated carbocycles. The minimum atomic E-state index is -0.0411. The summed E-state index contributed by atoms with van der Waals surface area (Å²) in [4.78, 5) is 11.2. The van der Waals surface area contributed by atoms with E-state index in [0.717, 1.165) is 36.8 Å². The molecule has 0 aliphatic heterocycles. The van der Waals surface area contributed by atoms with Gasteiger partial charge in [0.2, 0.25) is 0 Å². The summed E-state index contributed by atoms with van der Waals surface area (Å²) in [7, 11) is 8.24. The average molecular weight is 553 g/mol. The molecule has 11 nitrogen and oxygen atoms in total. The number of hydrogen-bond acceptors (Lipinski definition) is 11. The first-order chi connectivity index (χ1) is 19.4. The summed E-state index contributed by atoms with van der Waals surface area (Å²) in [5.41, 5.74) is 9.01. The second-order valence-corrected chi connectivity index (χ2v) is 9.68. The highest BCUT2D eigenvalue weighted by Gasteiger charge is 2.32. The Hall–Kier alpha value is -3.96. The number of nitrogen functional groups attached to an aromatic ring is 1. The predicted molar refractivity (Wildman–Crippen MR) is 155 cm³/mol. The van der Waals surface area contributed by atoms with Crippen molar-refractivity contribution in [3.8, 4) is 23.0 Å². The maximum Gasteiger partial charge on any atom is 0.171 e. The third-order valence-electron chi connectivity index (χ3n) is 7.42. The second-order valence-electron chi connectivity index (χ2n) is 9.68. The van der Waals surface area contributed by atoms with Gasteiger partial charge in [0.1, 0.15) is 35.0 Å². The molecule has 2 aromatic carbocycles. The minimum absolute atomic E-state index is 0.000195. The van der Waals surface area contributed by atoms with Crippen LogP contribution >= 0.6 is 0 Å². The normalized spacial score (nSPS) is 16.8. The summed E-state index contributed by atoms with van der Waals surface area (Å²) in [6.07, 6.45) is 5.50. The van der Waals surface area contributed by atoms with Crippen LogP contribution in [0.5, 0.6) is 23.0 Å². The number of ether oxygens (including phenoxy) is 5. The van der Waals surface area contributed by atoms with Crippen LogP contribution in [0.4, 0.5) is 17.3 Å². The predicted octanol–water partition coefficient (Wildman–Crippen LogP) is 3.94. The molecule has 0 amide bonds. The molecule has 0 saturated heterocycles. The van der Waals surface area contributed by atoms with E-state index in [4.69, 9.17) is 35.3 Å². The van der Waals surface area contributed by atoms with Crippen molar-refractivity contribution in [2.45, 2.75) is 50.9 Å². The molecule has 4 N–H and O–H groups in total. The van der Waals surface area contributed by atoms with Crippen LogP contribution in [0.1, 0.15) is 36.8 Å². The molecule has 0 bridgehead atoms. The number of rotatable bonds is 12. The molecule has 4 rings (SSSR count). The van der Waals surface area contributed by atoms with Crippen LogP contribution in [0.2, 0.25) is 0 Å². The van der Waals surface area contributed by atoms with Crippen LogP contribution in [0.3, 0.4) is 0 Å². The van der Waals surface area contributed by atoms with Crippen LogP contribution in [-0.2, 0) is 17.8 Å². The SMILES string of the molecule is COc1ccc(CN(Cc2ccc(OC)cc2OC)c2ncnc(N(N)C3CCCCC3OC)c2N)c(OC)c1. The summed E-state index contributed by atoms with van der Waals surface area (Å²) in [6, 6.07) is 11.4. The van der Waals surface area contributed by atoms with Gasteiger partial charge in [-0.3, -0.25) is 5.01 Å². The van der Waals surface area contributed by atoms with E-state index < -0.39 is 0 Å². The van der Waals surface area contributed by atoms with Crippen molar-refractivity contribution < 1.29 is 23.7 Å². The van der Waals surface area contributed by atoms with E-state index in [-0.39, 0.29) is 12.1 Å². The summed E-state index contributed by atoms with van der Waals surface area (Å²) >= 11 is 0. The molecule has 1 aliphatic carbocycles. The smallest absolute Gasteiger partial charge is 0.171 e. The quantitative estimate of drug-likeness (QED) is 0.250. The van der Waals surface area contributed by atoms with Crippen LogP contribution in [0, 0.1) is 0 Å². The van der Waals surface area contributed by atoms with Crippen LogP contribution in [0.15, 0.2) is 42.7 Å². The van der Waals surface area contributed by atoms with Gasteiger partial charge in [0, 0.05) is 43.5 Å². The molecule has 216 valence electrons. The summed E-state index contributed by atoms with van der Waals surface area (Å²) < 4.78 is 27.9. The van der Waals surface area contributed by atoms with Crippen molar-refractivity contribution in [3.05, 3.63) is 53.9 Å². The highest BCUT2D eigenvalue weighted by Crippen LogP contribution is 2.36. The zero-order valence-electron chi connectivity index (χ0n) is 23.9. The number of hydrazine groups is 1. The van der Waals surface area contributed by atoms with E-state index in [9.17, 15) is 0 Å². The Morgan fingerprint density at radius 1 is 0.775 bits per heavy atom. The first-order valence-electron chi connectivity index (χ1n) is 13.3. The van der Waals surface area contributed by atoms with Crippen LogP contribution in [-0.4, -0.2) is 57.7 Å². The van der Waals surface area contributed by atoms with E-state index in [0.29, 0.717) is 53.4 Å². The molecule has 0 spiro atoms. The van der Waals surface area contributed by atoms with Gasteiger partial charge in [-0.05, 0) is 37.1 Å². The lowest BCUT2D eigenvalue weighted by molar-refractivity contribution is 0.0512. The monoisotopic (exact) mass is 552 g/mol. The van der Waals surface area contributed by atoms with Crippen molar-refractivity contribution in [2.75, 3.05) is 51.2 Å². The maximum atomic E-state index is 6.79. The van der Waals surface area contributed by atoms with Gasteiger partial charge in [-0.1, -0.05) is 12.8 Å². The lowest BCUT2D eigenvalue weighted by Gasteiger charge is -2.37. The molecule has 1 aromatic heterocycles. The molecule has 11 heteroatoms. The van der Waals surface area contributed by atoms with Crippen molar-refractivity contribution in [1.29, 1.82) is 0 Å². The van der Waals surface area contributed by atoms with E-state index in [1.54, 1.807) is 40.6 Å². The molecular weight excluding hydrogens is 512 g/mol. The zero-order chi connectivity index (χ0) is 28.6. The van der Waals surface area contributed by atoms with Crippen molar-refractivity contribution in [2.24, 2.45) is 5.84 Å². The molecule has 2 unspecified atom stereocenters. The summed E-state index contributed by atoms with van der Waals surface area (Å²) in [5, 5.41) is 1.65. The van der Waals surface area contributed by atoms with Gasteiger partial charge in [-0.15, -0.1) is 0 Å². The average Bonchev–Trinajstić information content (AvgIpc) is 3.00. The first kappa shape index (κ1) is 29.0. The Morgan fingerprint density at radius 2 is 1.32 bits per heavy atom. The fraction of sp³-hybridized carbons (Fsp3) is 0.448. The van der Waals surface area contributed by atoms with Gasteiger partial charge in [-0.2, -0.15) is 0 Å². The van der Waals surface area contributed by atoms with Crippen LogP contribution in [0.25, 0.3) is 0 Å². The minimum Gasteiger partial charge on any atom is -0.497 e. The Kier molecular flexibility index (Phi) is 9.73. The third kappa shape index (κ3) is 6.26. The molecular formula is C29H40N6O5. The summed E-state index contributed by atoms with van der Waals surface area (Å²) in [5.74, 6) is 10.4. The Bertz CT molecular complexity index is 1220. The molecule has 2 atom stereocenters. The van der Waals surface area contributed by atoms with Crippen molar-refractivity contribution in [1.82, 2.24) is 9.97 Å². The molecule has 0 radical (unpaired) electrons. The molecule has 3 aromatic rings. The fourth-order valence-corrected chi connectivity index (χ4v) is 5.24. The van der Waals surface area contributed by atoms with E-state index in [1.165, 1.54) is 6.33 Å². The topological polar surface area (TPSA) is 130 Å². The number of anilines is 3. The largest absolute Gasteiger partial charge is 0.497 e. The lowest BCUT2D eigenvalue weighted by atomic mass is 9.92. The fourth-order valence-electron chi connectivity index (χ4n) is 5.24. The Labute approximate surface area is 235 Å². The Morgan fingerprint density at radius 3 is 1.85 bits per heavy atom. The van der Waals surface area contributed by atoms with Gasteiger partial charge >= 0.3 is 0 Å². The van der Waals surface area contributed by atoms with Gasteiger partial charge < -0.3 is 34.3 Å². The lowest BCUT2D eigenvalue weighted by Crippen LogP contribution is -2.51. The standard InChI is InChI=1S/C29H40N6O5/c1-36-21-12-10-19(25(14-21)39-4)16-34(17-20-11-13-22(37-2)15-26(20)40-5)28-27(30)29(33-18-32-28)35(31)23-8-6-7-9-24(23)38-3/h10-15,18,23-24H,6-9,16-17,30-31H2,1-5H3. The highest BCUT2D eigenvalue weighted by atomic mass is 16.5. The Balaban J connectivity index is 1.76. The van der Waals surface area contributed by atoms with Crippen molar-refractivity contribution in [3.63, 3.8) is 0 Å². The third-order valence-corrected chi connectivity index (χ3v) is 7.42. The first-order valence-corrected chi connectivity index (χ1v) is 13.3. The highest BCUT2D eigenvalue weighted by molar-refractivity contribution is 5.76. The number of nitrogens with two attached hydrogens (primary N) is 2. The van der Waals surface area contributed by atoms with Crippen molar-refractivity contribution >= 4 is 17.3 Å². The van der Waals surface area contributed by atoms with Gasteiger partial charge in [0.25, 0.3) is 0 Å². The van der Waals surface area contributed by atoms with E-state index >= 15 is 0 Å². The van der Waals surface area contributed by atoms with Gasteiger partial charge in [0.05, 0.1) is 40.6 Å². The van der Waals surface area contributed by atoms with Gasteiger partial charge in [0.15, 0.2) is 11.6 Å². The molecule has 1 heterocycles. The number of benzene rings is 2. The molecule has 1 aliphatic rings. The number of nitrogens with zero attached hydrogens (tertiary/aromatic N) is 4. The zero-order valence-corrected chi connectivity index (χ0v) is 23.9. The number of methoxy groups -OCH3 is 5. The van der Waals surface area contributed by atoms with E-state index in [1.807, 2.05) is 36.4 Å². The summed E-state index contributed by atoms with van der Waals surface area (Å²) in [6.45, 7) is 0.857.